The Kier molecular flexibility index (Phi) is 2.40. The van der Waals surface area contributed by atoms with Gasteiger partial charge in [-0.05, 0) is 30.7 Å². The highest BCUT2D eigenvalue weighted by Gasteiger charge is 1.98. The van der Waals surface area contributed by atoms with Crippen LogP contribution in [0.2, 0.25) is 0 Å². The van der Waals surface area contributed by atoms with Crippen molar-refractivity contribution in [3.63, 3.8) is 0 Å². The van der Waals surface area contributed by atoms with Crippen molar-refractivity contribution in [3.8, 4) is 0 Å². The standard InChI is InChI=1S/C11H10N3/c1-9-5-2-3-6-10(9)14-11-12-7-4-8-13-11/h2-4,6-8H,1H3,(H,12,13,14). The van der Waals surface area contributed by atoms with Crippen LogP contribution in [0.1, 0.15) is 5.56 Å². The Bertz CT molecular complexity index is 412. The molecule has 1 N–H and O–H groups in total. The highest BCUT2D eigenvalue weighted by Crippen LogP contribution is 2.15. The van der Waals surface area contributed by atoms with Gasteiger partial charge in [0.05, 0.1) is 0 Å². The molecule has 0 fully saturated rings. The molecule has 0 aliphatic rings. The van der Waals surface area contributed by atoms with E-state index in [-0.39, 0.29) is 0 Å². The third-order valence-corrected chi connectivity index (χ3v) is 1.88. The Balaban J connectivity index is 2.24. The molecule has 0 bridgehead atoms. The van der Waals surface area contributed by atoms with E-state index in [0.717, 1.165) is 11.3 Å². The number of hydrogen-bond acceptors (Lipinski definition) is 3. The Morgan fingerprint density at radius 1 is 1.21 bits per heavy atom. The lowest BCUT2D eigenvalue weighted by Crippen LogP contribution is -1.97. The summed E-state index contributed by atoms with van der Waals surface area (Å²) < 4.78 is 0. The van der Waals surface area contributed by atoms with Gasteiger partial charge in [-0.3, -0.25) is 0 Å². The number of rotatable bonds is 2. The summed E-state index contributed by atoms with van der Waals surface area (Å²) in [5, 5.41) is 3.12. The minimum absolute atomic E-state index is 0.607. The van der Waals surface area contributed by atoms with Crippen LogP contribution in [0.3, 0.4) is 0 Å². The van der Waals surface area contributed by atoms with Gasteiger partial charge in [-0.15, -0.1) is 0 Å². The van der Waals surface area contributed by atoms with Crippen LogP contribution in [0, 0.1) is 13.0 Å². The maximum Gasteiger partial charge on any atom is 0.227 e. The second kappa shape index (κ2) is 3.87. The maximum atomic E-state index is 4.08. The van der Waals surface area contributed by atoms with E-state index in [4.69, 9.17) is 0 Å². The highest BCUT2D eigenvalue weighted by atomic mass is 15.1. The van der Waals surface area contributed by atoms with Gasteiger partial charge < -0.3 is 5.32 Å². The molecule has 3 nitrogen and oxygen atoms in total. The normalized spacial score (nSPS) is 9.79. The Morgan fingerprint density at radius 2 is 2.00 bits per heavy atom. The second-order valence-electron chi connectivity index (χ2n) is 2.91. The van der Waals surface area contributed by atoms with Crippen molar-refractivity contribution in [2.24, 2.45) is 0 Å². The Hall–Kier alpha value is -1.90. The van der Waals surface area contributed by atoms with Crippen molar-refractivity contribution in [1.82, 2.24) is 9.97 Å². The molecule has 0 amide bonds. The number of nitrogens with zero attached hydrogens (tertiary/aromatic N) is 2. The molecule has 0 aliphatic carbocycles. The monoisotopic (exact) mass is 184 g/mol. The SMILES string of the molecule is Cc1[c]cccc1Nc1ncccn1. The number of aryl methyl sites for hydroxylation is 1. The molecule has 1 aromatic heterocycles. The minimum Gasteiger partial charge on any atom is -0.324 e. The van der Waals surface area contributed by atoms with Crippen LogP contribution < -0.4 is 5.32 Å². The predicted octanol–water partition coefficient (Wildman–Crippen LogP) is 2.33. The Morgan fingerprint density at radius 3 is 2.71 bits per heavy atom. The van der Waals surface area contributed by atoms with Gasteiger partial charge in [0.2, 0.25) is 5.95 Å². The van der Waals surface area contributed by atoms with Crippen molar-refractivity contribution in [2.45, 2.75) is 6.92 Å². The highest BCUT2D eigenvalue weighted by molar-refractivity contribution is 5.57. The van der Waals surface area contributed by atoms with E-state index >= 15 is 0 Å². The number of hydrogen-bond donors (Lipinski definition) is 1. The van der Waals surface area contributed by atoms with Crippen molar-refractivity contribution in [2.75, 3.05) is 5.32 Å². The lowest BCUT2D eigenvalue weighted by molar-refractivity contribution is 1.16. The third-order valence-electron chi connectivity index (χ3n) is 1.88. The predicted molar refractivity (Wildman–Crippen MR) is 55.3 cm³/mol. The van der Waals surface area contributed by atoms with Crippen LogP contribution in [-0.2, 0) is 0 Å². The molecule has 69 valence electrons. The first-order valence-corrected chi connectivity index (χ1v) is 4.37. The largest absolute Gasteiger partial charge is 0.324 e. The fourth-order valence-corrected chi connectivity index (χ4v) is 1.14. The summed E-state index contributed by atoms with van der Waals surface area (Å²) >= 11 is 0. The first-order valence-electron chi connectivity index (χ1n) is 4.37. The van der Waals surface area contributed by atoms with E-state index in [1.54, 1.807) is 18.5 Å². The fraction of sp³-hybridized carbons (Fsp3) is 0.0909. The molecule has 1 heterocycles. The molecule has 0 saturated carbocycles. The second-order valence-corrected chi connectivity index (χ2v) is 2.91. The van der Waals surface area contributed by atoms with Gasteiger partial charge in [-0.1, -0.05) is 12.1 Å². The maximum absolute atomic E-state index is 4.08. The summed E-state index contributed by atoms with van der Waals surface area (Å²) in [4.78, 5) is 8.16. The van der Waals surface area contributed by atoms with E-state index < -0.39 is 0 Å². The fourth-order valence-electron chi connectivity index (χ4n) is 1.14. The molecule has 1 radical (unpaired) electrons. The molecular weight excluding hydrogens is 174 g/mol. The van der Waals surface area contributed by atoms with Gasteiger partial charge in [0.1, 0.15) is 0 Å². The van der Waals surface area contributed by atoms with E-state index in [0.29, 0.717) is 5.95 Å². The van der Waals surface area contributed by atoms with Gasteiger partial charge >= 0.3 is 0 Å². The number of benzene rings is 1. The summed E-state index contributed by atoms with van der Waals surface area (Å²) in [6.07, 6.45) is 3.41. The Labute approximate surface area is 82.8 Å². The summed E-state index contributed by atoms with van der Waals surface area (Å²) in [5.41, 5.74) is 2.04. The van der Waals surface area contributed by atoms with Crippen LogP contribution in [0.25, 0.3) is 0 Å². The number of anilines is 2. The van der Waals surface area contributed by atoms with Gasteiger partial charge in [-0.2, -0.15) is 0 Å². The average Bonchev–Trinajstić information content (AvgIpc) is 2.23. The van der Waals surface area contributed by atoms with E-state index in [1.807, 2.05) is 25.1 Å². The third kappa shape index (κ3) is 1.88. The molecule has 0 saturated heterocycles. The summed E-state index contributed by atoms with van der Waals surface area (Å²) in [7, 11) is 0. The van der Waals surface area contributed by atoms with Crippen LogP contribution in [0.15, 0.2) is 36.7 Å². The van der Waals surface area contributed by atoms with Crippen molar-refractivity contribution < 1.29 is 0 Å². The van der Waals surface area contributed by atoms with Gasteiger partial charge in [0, 0.05) is 18.1 Å². The zero-order valence-corrected chi connectivity index (χ0v) is 7.86. The molecule has 0 spiro atoms. The molecule has 0 atom stereocenters. The van der Waals surface area contributed by atoms with Crippen LogP contribution in [0.4, 0.5) is 11.6 Å². The molecule has 3 heteroatoms. The zero-order valence-electron chi connectivity index (χ0n) is 7.86. The zero-order chi connectivity index (χ0) is 9.80. The lowest BCUT2D eigenvalue weighted by atomic mass is 10.2. The molecule has 2 rings (SSSR count). The van der Waals surface area contributed by atoms with Gasteiger partial charge in [0.25, 0.3) is 0 Å². The minimum atomic E-state index is 0.607. The molecule has 1 aromatic carbocycles. The smallest absolute Gasteiger partial charge is 0.227 e. The van der Waals surface area contributed by atoms with Crippen molar-refractivity contribution in [1.29, 1.82) is 0 Å². The number of aromatic nitrogens is 2. The van der Waals surface area contributed by atoms with Crippen LogP contribution in [-0.4, -0.2) is 9.97 Å². The average molecular weight is 184 g/mol. The molecule has 0 aliphatic heterocycles. The molecular formula is C11H10N3. The van der Waals surface area contributed by atoms with E-state index in [9.17, 15) is 0 Å². The lowest BCUT2D eigenvalue weighted by Gasteiger charge is -2.05. The van der Waals surface area contributed by atoms with Gasteiger partial charge in [-0.25, -0.2) is 9.97 Å². The van der Waals surface area contributed by atoms with Crippen molar-refractivity contribution >= 4 is 11.6 Å². The number of nitrogens with one attached hydrogen (secondary N) is 1. The molecule has 14 heavy (non-hydrogen) atoms. The van der Waals surface area contributed by atoms with Crippen molar-refractivity contribution in [3.05, 3.63) is 48.3 Å². The summed E-state index contributed by atoms with van der Waals surface area (Å²) in [6, 6.07) is 10.7. The molecule has 2 aromatic rings. The van der Waals surface area contributed by atoms with Gasteiger partial charge in [0.15, 0.2) is 0 Å². The first kappa shape index (κ1) is 8.69. The quantitative estimate of drug-likeness (QED) is 0.778. The van der Waals surface area contributed by atoms with E-state index in [2.05, 4.69) is 21.4 Å². The summed E-state index contributed by atoms with van der Waals surface area (Å²) in [6.45, 7) is 1.99. The van der Waals surface area contributed by atoms with E-state index in [1.165, 1.54) is 0 Å². The topological polar surface area (TPSA) is 37.8 Å². The summed E-state index contributed by atoms with van der Waals surface area (Å²) in [5.74, 6) is 0.607. The molecule has 0 unspecified atom stereocenters. The van der Waals surface area contributed by atoms with Crippen LogP contribution in [0.5, 0.6) is 0 Å². The van der Waals surface area contributed by atoms with Crippen LogP contribution >= 0.6 is 0 Å². The first-order chi connectivity index (χ1) is 6.86.